The average molecular weight is 372 g/mol. The van der Waals surface area contributed by atoms with Crippen molar-refractivity contribution in [3.8, 4) is 0 Å². The number of carbonyl (C=O) groups excluding carboxylic acids is 3. The third-order valence-corrected chi connectivity index (χ3v) is 6.15. The van der Waals surface area contributed by atoms with Gasteiger partial charge in [0.05, 0.1) is 17.3 Å². The van der Waals surface area contributed by atoms with Gasteiger partial charge >= 0.3 is 5.97 Å². The number of imide groups is 1. The van der Waals surface area contributed by atoms with Crippen LogP contribution >= 0.6 is 0 Å². The van der Waals surface area contributed by atoms with Gasteiger partial charge in [-0.25, -0.2) is 0 Å². The van der Waals surface area contributed by atoms with Crippen molar-refractivity contribution in [2.45, 2.75) is 45.4 Å². The quantitative estimate of drug-likeness (QED) is 0.685. The van der Waals surface area contributed by atoms with Gasteiger partial charge in [0, 0.05) is 12.1 Å². The second kappa shape index (κ2) is 6.48. The zero-order valence-electron chi connectivity index (χ0n) is 15.7. The normalized spacial score (nSPS) is 29.0. The standard InChI is InChI=1S/C20H24N2O5/c1-4-20(10-9-13(23)22-18(20)27)11-5-7-12(8-6-11)21-16(24)14-15(17(25)26)19(14,2)3/h5-8,14-15H,4,9-10H2,1-3H3,(H,21,24)(H,25,26)(H,22,23,27)/t14-,15-,20-/m1/s1. The maximum Gasteiger partial charge on any atom is 0.307 e. The molecule has 0 radical (unpaired) electrons. The number of aliphatic carboxylic acids is 1. The Hall–Kier alpha value is -2.70. The Morgan fingerprint density at radius 3 is 2.30 bits per heavy atom. The number of piperidine rings is 1. The highest BCUT2D eigenvalue weighted by Gasteiger charge is 2.65. The second-order valence-electron chi connectivity index (χ2n) is 7.99. The van der Waals surface area contributed by atoms with Crippen molar-refractivity contribution >= 4 is 29.4 Å². The van der Waals surface area contributed by atoms with E-state index in [1.807, 2.05) is 6.92 Å². The topological polar surface area (TPSA) is 113 Å². The smallest absolute Gasteiger partial charge is 0.307 e. The van der Waals surface area contributed by atoms with Gasteiger partial charge in [-0.15, -0.1) is 0 Å². The van der Waals surface area contributed by atoms with Crippen LogP contribution in [0.2, 0.25) is 0 Å². The van der Waals surface area contributed by atoms with E-state index < -0.39 is 28.6 Å². The minimum atomic E-state index is -0.960. The van der Waals surface area contributed by atoms with E-state index in [-0.39, 0.29) is 17.7 Å². The summed E-state index contributed by atoms with van der Waals surface area (Å²) in [6.45, 7) is 5.45. The van der Waals surface area contributed by atoms with Gasteiger partial charge in [0.1, 0.15) is 0 Å². The van der Waals surface area contributed by atoms with E-state index in [0.717, 1.165) is 5.56 Å². The average Bonchev–Trinajstić information content (AvgIpc) is 3.19. The molecule has 0 spiro atoms. The summed E-state index contributed by atoms with van der Waals surface area (Å²) in [4.78, 5) is 47.6. The van der Waals surface area contributed by atoms with E-state index in [0.29, 0.717) is 24.9 Å². The highest BCUT2D eigenvalue weighted by Crippen LogP contribution is 2.58. The Morgan fingerprint density at radius 2 is 1.81 bits per heavy atom. The molecule has 0 bridgehead atoms. The molecule has 3 amide bonds. The van der Waals surface area contributed by atoms with Gasteiger partial charge in [-0.1, -0.05) is 32.9 Å². The molecule has 1 heterocycles. The van der Waals surface area contributed by atoms with E-state index in [9.17, 15) is 24.3 Å². The predicted octanol–water partition coefficient (Wildman–Crippen LogP) is 2.07. The minimum absolute atomic E-state index is 0.256. The van der Waals surface area contributed by atoms with Crippen molar-refractivity contribution in [2.75, 3.05) is 5.32 Å². The summed E-state index contributed by atoms with van der Waals surface area (Å²) in [7, 11) is 0. The van der Waals surface area contributed by atoms with Gasteiger partial charge in [-0.05, 0) is 36.0 Å². The van der Waals surface area contributed by atoms with Crippen molar-refractivity contribution < 1.29 is 24.3 Å². The largest absolute Gasteiger partial charge is 0.481 e. The molecule has 1 aromatic carbocycles. The summed E-state index contributed by atoms with van der Waals surface area (Å²) in [5.41, 5.74) is 0.0374. The van der Waals surface area contributed by atoms with Crippen LogP contribution in [0.1, 0.15) is 45.6 Å². The molecule has 3 atom stereocenters. The zero-order chi connectivity index (χ0) is 20.0. The van der Waals surface area contributed by atoms with Crippen molar-refractivity contribution in [3.05, 3.63) is 29.8 Å². The van der Waals surface area contributed by atoms with Crippen LogP contribution in [0.15, 0.2) is 24.3 Å². The van der Waals surface area contributed by atoms with Gasteiger partial charge in [0.25, 0.3) is 0 Å². The predicted molar refractivity (Wildman–Crippen MR) is 97.8 cm³/mol. The monoisotopic (exact) mass is 372 g/mol. The Bertz CT molecular complexity index is 814. The molecule has 2 fully saturated rings. The molecule has 1 saturated carbocycles. The Kier molecular flexibility index (Phi) is 4.57. The summed E-state index contributed by atoms with van der Waals surface area (Å²) in [6, 6.07) is 6.97. The first-order valence-electron chi connectivity index (χ1n) is 9.12. The highest BCUT2D eigenvalue weighted by molar-refractivity contribution is 6.03. The maximum absolute atomic E-state index is 12.4. The van der Waals surface area contributed by atoms with Crippen LogP contribution in [0.4, 0.5) is 5.69 Å². The van der Waals surface area contributed by atoms with E-state index in [1.165, 1.54) is 0 Å². The molecule has 1 aliphatic carbocycles. The van der Waals surface area contributed by atoms with Crippen LogP contribution in [0, 0.1) is 17.3 Å². The van der Waals surface area contributed by atoms with Crippen LogP contribution in [-0.4, -0.2) is 28.8 Å². The molecule has 0 aromatic heterocycles. The Labute approximate surface area is 157 Å². The molecule has 3 N–H and O–H groups in total. The summed E-state index contributed by atoms with van der Waals surface area (Å²) < 4.78 is 0. The first-order valence-corrected chi connectivity index (χ1v) is 9.12. The molecular formula is C20H24N2O5. The van der Waals surface area contributed by atoms with Gasteiger partial charge in [-0.3, -0.25) is 24.5 Å². The summed E-state index contributed by atoms with van der Waals surface area (Å²) in [5, 5.41) is 14.4. The minimum Gasteiger partial charge on any atom is -0.481 e. The van der Waals surface area contributed by atoms with Crippen molar-refractivity contribution in [2.24, 2.45) is 17.3 Å². The molecule has 1 aliphatic heterocycles. The van der Waals surface area contributed by atoms with Gasteiger partial charge in [0.2, 0.25) is 17.7 Å². The molecule has 27 heavy (non-hydrogen) atoms. The number of hydrogen-bond donors (Lipinski definition) is 3. The molecular weight excluding hydrogens is 348 g/mol. The molecule has 2 aliphatic rings. The number of anilines is 1. The molecule has 7 heteroatoms. The third-order valence-electron chi connectivity index (χ3n) is 6.15. The van der Waals surface area contributed by atoms with Gasteiger partial charge in [-0.2, -0.15) is 0 Å². The SMILES string of the molecule is CC[C@]1(c2ccc(NC(=O)[C@H]3[C@H](C(=O)O)C3(C)C)cc2)CCC(=O)NC1=O. The van der Waals surface area contributed by atoms with E-state index in [2.05, 4.69) is 10.6 Å². The lowest BCUT2D eigenvalue weighted by molar-refractivity contribution is -0.140. The van der Waals surface area contributed by atoms with Crippen LogP contribution < -0.4 is 10.6 Å². The van der Waals surface area contributed by atoms with Crippen LogP contribution in [0.25, 0.3) is 0 Å². The number of carboxylic acid groups (broad SMARTS) is 1. The Morgan fingerprint density at radius 1 is 1.19 bits per heavy atom. The van der Waals surface area contributed by atoms with Crippen LogP contribution in [0.3, 0.4) is 0 Å². The first-order chi connectivity index (χ1) is 12.6. The van der Waals surface area contributed by atoms with E-state index >= 15 is 0 Å². The zero-order valence-corrected chi connectivity index (χ0v) is 15.7. The van der Waals surface area contributed by atoms with Crippen LogP contribution in [-0.2, 0) is 24.6 Å². The van der Waals surface area contributed by atoms with E-state index in [1.54, 1.807) is 38.1 Å². The van der Waals surface area contributed by atoms with Crippen LogP contribution in [0.5, 0.6) is 0 Å². The fourth-order valence-corrected chi connectivity index (χ4v) is 4.25. The molecule has 0 unspecified atom stereocenters. The van der Waals surface area contributed by atoms with Crippen molar-refractivity contribution in [1.82, 2.24) is 5.32 Å². The number of rotatable bonds is 5. The lowest BCUT2D eigenvalue weighted by atomic mass is 9.72. The van der Waals surface area contributed by atoms with Crippen molar-refractivity contribution in [1.29, 1.82) is 0 Å². The number of amides is 3. The lowest BCUT2D eigenvalue weighted by Gasteiger charge is -2.35. The number of hydrogen-bond acceptors (Lipinski definition) is 4. The molecule has 144 valence electrons. The summed E-state index contributed by atoms with van der Waals surface area (Å²) in [6.07, 6.45) is 1.32. The first kappa shape index (κ1) is 19.1. The molecule has 1 aromatic rings. The van der Waals surface area contributed by atoms with E-state index in [4.69, 9.17) is 0 Å². The lowest BCUT2D eigenvalue weighted by Crippen LogP contribution is -2.51. The number of nitrogens with one attached hydrogen (secondary N) is 2. The summed E-state index contributed by atoms with van der Waals surface area (Å²) >= 11 is 0. The highest BCUT2D eigenvalue weighted by atomic mass is 16.4. The van der Waals surface area contributed by atoms with Crippen molar-refractivity contribution in [3.63, 3.8) is 0 Å². The maximum atomic E-state index is 12.4. The van der Waals surface area contributed by atoms with Gasteiger partial charge in [0.15, 0.2) is 0 Å². The molecule has 7 nitrogen and oxygen atoms in total. The second-order valence-corrected chi connectivity index (χ2v) is 7.99. The number of carbonyl (C=O) groups is 4. The fourth-order valence-electron chi connectivity index (χ4n) is 4.25. The number of benzene rings is 1. The molecule has 3 rings (SSSR count). The Balaban J connectivity index is 1.74. The van der Waals surface area contributed by atoms with Gasteiger partial charge < -0.3 is 10.4 Å². The summed E-state index contributed by atoms with van der Waals surface area (Å²) in [5.74, 6) is -3.06. The number of carboxylic acids is 1. The molecule has 1 saturated heterocycles. The third kappa shape index (κ3) is 3.11. The fraction of sp³-hybridized carbons (Fsp3) is 0.500.